The number of aliphatic hydroxyl groups excluding tert-OH is 1. The van der Waals surface area contributed by atoms with Gasteiger partial charge in [-0.25, -0.2) is 4.39 Å². The number of carbonyl (C=O) groups excluding carboxylic acids is 1. The number of aliphatic hydroxyl groups is 1. The quantitative estimate of drug-likeness (QED) is 0.541. The van der Waals surface area contributed by atoms with Gasteiger partial charge in [-0.15, -0.1) is 0 Å². The third-order valence-electron chi connectivity index (χ3n) is 6.57. The normalized spacial score (nSPS) is 19.3. The number of benzene rings is 2. The molecule has 2 aliphatic rings. The molecule has 2 N–H and O–H groups in total. The van der Waals surface area contributed by atoms with Crippen molar-refractivity contribution in [2.45, 2.75) is 70.6 Å². The Bertz CT molecular complexity index is 1290. The molecule has 1 fully saturated rings. The van der Waals surface area contributed by atoms with Gasteiger partial charge in [-0.2, -0.15) is 4.39 Å². The van der Waals surface area contributed by atoms with Crippen LogP contribution in [0.4, 0.5) is 14.5 Å². The molecule has 1 saturated carbocycles. The zero-order valence-corrected chi connectivity index (χ0v) is 19.6. The molecule has 180 valence electrons. The standard InChI is InChI=1S/C26H28F2N2O4/c1-14(31)13-30-19-12-17(27)18(9-15(19)10-22(30)25(2,3)4)29-23(32)26(7-8-26)16-5-6-20-21(11-16)34-24(28)33-20/h5-6,9-12,14,24,31H,7-8,13H2,1-4H3,(H,29,32). The van der Waals surface area contributed by atoms with E-state index in [9.17, 15) is 14.3 Å². The van der Waals surface area contributed by atoms with Crippen LogP contribution in [0.15, 0.2) is 36.4 Å². The third kappa shape index (κ3) is 3.79. The molecule has 5 rings (SSSR count). The predicted octanol–water partition coefficient (Wildman–Crippen LogP) is 5.15. The Balaban J connectivity index is 1.47. The van der Waals surface area contributed by atoms with Crippen LogP contribution < -0.4 is 14.8 Å². The van der Waals surface area contributed by atoms with Gasteiger partial charge in [0.2, 0.25) is 5.91 Å². The summed E-state index contributed by atoms with van der Waals surface area (Å²) in [6.45, 7) is 6.37. The van der Waals surface area contributed by atoms with E-state index in [1.165, 1.54) is 6.07 Å². The van der Waals surface area contributed by atoms with E-state index < -0.39 is 23.9 Å². The van der Waals surface area contributed by atoms with Crippen molar-refractivity contribution < 1.29 is 28.2 Å². The Hall–Kier alpha value is -3.13. The Kier molecular flexibility index (Phi) is 5.13. The minimum Gasteiger partial charge on any atom is -0.425 e. The van der Waals surface area contributed by atoms with E-state index in [0.29, 0.717) is 36.2 Å². The van der Waals surface area contributed by atoms with Gasteiger partial charge in [0.25, 0.3) is 0 Å². The average molecular weight is 471 g/mol. The lowest BCUT2D eigenvalue weighted by Crippen LogP contribution is -2.28. The topological polar surface area (TPSA) is 72.7 Å². The van der Waals surface area contributed by atoms with Crippen LogP contribution in [-0.4, -0.2) is 28.2 Å². The number of amides is 1. The second kappa shape index (κ2) is 7.70. The number of rotatable bonds is 5. The van der Waals surface area contributed by atoms with E-state index in [-0.39, 0.29) is 22.8 Å². The number of nitrogens with one attached hydrogen (secondary N) is 1. The second-order valence-electron chi connectivity index (χ2n) is 10.3. The molecule has 1 amide bonds. The van der Waals surface area contributed by atoms with Crippen LogP contribution in [0, 0.1) is 5.82 Å². The van der Waals surface area contributed by atoms with Crippen LogP contribution in [0.1, 0.15) is 51.8 Å². The van der Waals surface area contributed by atoms with Crippen molar-refractivity contribution in [3.8, 4) is 11.5 Å². The number of fused-ring (bicyclic) bond motifs is 2. The van der Waals surface area contributed by atoms with Crippen molar-refractivity contribution in [2.24, 2.45) is 0 Å². The molecule has 3 aromatic rings. The molecule has 34 heavy (non-hydrogen) atoms. The van der Waals surface area contributed by atoms with Gasteiger partial charge in [0.05, 0.1) is 22.7 Å². The molecular formula is C26H28F2N2O4. The minimum absolute atomic E-state index is 0.1000. The summed E-state index contributed by atoms with van der Waals surface area (Å²) in [6, 6.07) is 9.95. The Labute approximate surface area is 196 Å². The molecule has 1 aromatic heterocycles. The van der Waals surface area contributed by atoms with Crippen molar-refractivity contribution in [3.05, 3.63) is 53.5 Å². The number of aromatic nitrogens is 1. The summed E-state index contributed by atoms with van der Waals surface area (Å²) in [6.07, 6.45) is 0.601. The van der Waals surface area contributed by atoms with Crippen molar-refractivity contribution in [2.75, 3.05) is 5.32 Å². The molecule has 2 aromatic carbocycles. The lowest BCUT2D eigenvalue weighted by atomic mass is 9.92. The van der Waals surface area contributed by atoms with Gasteiger partial charge in [-0.3, -0.25) is 4.79 Å². The lowest BCUT2D eigenvalue weighted by molar-refractivity contribution is -0.118. The number of carbonyl (C=O) groups is 1. The van der Waals surface area contributed by atoms with Crippen LogP contribution in [0.3, 0.4) is 0 Å². The first-order valence-corrected chi connectivity index (χ1v) is 11.4. The van der Waals surface area contributed by atoms with Crippen LogP contribution in [0.2, 0.25) is 0 Å². The van der Waals surface area contributed by atoms with E-state index in [0.717, 1.165) is 11.1 Å². The molecule has 0 spiro atoms. The van der Waals surface area contributed by atoms with E-state index in [2.05, 4.69) is 26.1 Å². The number of anilines is 1. The van der Waals surface area contributed by atoms with Crippen molar-refractivity contribution >= 4 is 22.5 Å². The fourth-order valence-corrected chi connectivity index (χ4v) is 4.69. The van der Waals surface area contributed by atoms with E-state index in [1.54, 1.807) is 31.2 Å². The van der Waals surface area contributed by atoms with Crippen molar-refractivity contribution in [1.82, 2.24) is 4.57 Å². The summed E-state index contributed by atoms with van der Waals surface area (Å²) in [4.78, 5) is 13.3. The molecule has 2 heterocycles. The van der Waals surface area contributed by atoms with Crippen LogP contribution in [-0.2, 0) is 22.2 Å². The molecule has 1 aliphatic carbocycles. The van der Waals surface area contributed by atoms with Crippen LogP contribution in [0.5, 0.6) is 11.5 Å². The fraction of sp³-hybridized carbons (Fsp3) is 0.423. The van der Waals surface area contributed by atoms with Crippen LogP contribution >= 0.6 is 0 Å². The van der Waals surface area contributed by atoms with Gasteiger partial charge in [0.1, 0.15) is 5.82 Å². The van der Waals surface area contributed by atoms with Crippen LogP contribution in [0.25, 0.3) is 10.9 Å². The maximum Gasteiger partial charge on any atom is 0.397 e. The summed E-state index contributed by atoms with van der Waals surface area (Å²) < 4.78 is 40.4. The zero-order valence-electron chi connectivity index (χ0n) is 19.6. The first-order valence-electron chi connectivity index (χ1n) is 11.4. The molecule has 6 nitrogen and oxygen atoms in total. The first-order chi connectivity index (χ1) is 16.0. The number of hydrogen-bond donors (Lipinski definition) is 2. The van der Waals surface area contributed by atoms with E-state index in [1.807, 2.05) is 10.6 Å². The Morgan fingerprint density at radius 3 is 2.56 bits per heavy atom. The highest BCUT2D eigenvalue weighted by Crippen LogP contribution is 2.51. The van der Waals surface area contributed by atoms with E-state index in [4.69, 9.17) is 9.47 Å². The van der Waals surface area contributed by atoms with Gasteiger partial charge in [0.15, 0.2) is 11.5 Å². The second-order valence-corrected chi connectivity index (χ2v) is 10.3. The molecule has 2 atom stereocenters. The van der Waals surface area contributed by atoms with Gasteiger partial charge >= 0.3 is 6.54 Å². The van der Waals surface area contributed by atoms with Gasteiger partial charge in [-0.05, 0) is 49.6 Å². The average Bonchev–Trinajstić information content (AvgIpc) is 3.36. The number of nitrogens with zero attached hydrogens (tertiary/aromatic N) is 1. The first kappa shape index (κ1) is 22.7. The molecule has 1 aliphatic heterocycles. The maximum absolute atomic E-state index is 15.2. The molecule has 0 bridgehead atoms. The van der Waals surface area contributed by atoms with E-state index >= 15 is 4.39 Å². The minimum atomic E-state index is -1.85. The lowest BCUT2D eigenvalue weighted by Gasteiger charge is -2.23. The Morgan fingerprint density at radius 2 is 1.91 bits per heavy atom. The smallest absolute Gasteiger partial charge is 0.397 e. The highest BCUT2D eigenvalue weighted by molar-refractivity contribution is 6.02. The number of hydrogen-bond acceptors (Lipinski definition) is 4. The van der Waals surface area contributed by atoms with Gasteiger partial charge in [0, 0.05) is 29.1 Å². The summed E-state index contributed by atoms with van der Waals surface area (Å²) >= 11 is 0. The number of halogens is 2. The van der Waals surface area contributed by atoms with Crippen molar-refractivity contribution in [3.63, 3.8) is 0 Å². The highest BCUT2D eigenvalue weighted by Gasteiger charge is 2.52. The largest absolute Gasteiger partial charge is 0.425 e. The van der Waals surface area contributed by atoms with Gasteiger partial charge < -0.3 is 24.5 Å². The predicted molar refractivity (Wildman–Crippen MR) is 124 cm³/mol. The SMILES string of the molecule is CC(O)Cn1c(C(C)(C)C)cc2cc(NC(=O)C3(c4ccc5c(c4)OC(F)O5)CC3)c(F)cc21. The summed E-state index contributed by atoms with van der Waals surface area (Å²) in [5, 5.41) is 13.5. The number of ether oxygens (including phenoxy) is 2. The third-order valence-corrected chi connectivity index (χ3v) is 6.57. The monoisotopic (exact) mass is 470 g/mol. The summed E-state index contributed by atoms with van der Waals surface area (Å²) in [7, 11) is 0. The fourth-order valence-electron chi connectivity index (χ4n) is 4.69. The summed E-state index contributed by atoms with van der Waals surface area (Å²) in [5.74, 6) is -0.319. The molecule has 0 radical (unpaired) electrons. The molecule has 2 unspecified atom stereocenters. The Morgan fingerprint density at radius 1 is 1.21 bits per heavy atom. The van der Waals surface area contributed by atoms with Crippen molar-refractivity contribution in [1.29, 1.82) is 0 Å². The highest BCUT2D eigenvalue weighted by atomic mass is 19.2. The zero-order chi connectivity index (χ0) is 24.4. The molecular weight excluding hydrogens is 442 g/mol. The van der Waals surface area contributed by atoms with Gasteiger partial charge in [-0.1, -0.05) is 26.8 Å². The molecule has 8 heteroatoms. The number of alkyl halides is 1. The molecule has 0 saturated heterocycles. The maximum atomic E-state index is 15.2. The summed E-state index contributed by atoms with van der Waals surface area (Å²) in [5.41, 5.74) is 1.38.